The number of alkyl halides is 1. The molecule has 0 aromatic heterocycles. The van der Waals surface area contributed by atoms with Gasteiger partial charge in [0.15, 0.2) is 0 Å². The SMILES string of the molecule is COc1ccc(N(Cc2ccc(F)cc2)CC(O)CCl)cc1. The Balaban J connectivity index is 2.18. The van der Waals surface area contributed by atoms with Gasteiger partial charge in [0.05, 0.1) is 19.1 Å². The van der Waals surface area contributed by atoms with E-state index < -0.39 is 6.10 Å². The van der Waals surface area contributed by atoms with Gasteiger partial charge >= 0.3 is 0 Å². The summed E-state index contributed by atoms with van der Waals surface area (Å²) in [4.78, 5) is 2.00. The van der Waals surface area contributed by atoms with E-state index in [0.29, 0.717) is 13.1 Å². The minimum Gasteiger partial charge on any atom is -0.497 e. The van der Waals surface area contributed by atoms with Gasteiger partial charge < -0.3 is 14.7 Å². The summed E-state index contributed by atoms with van der Waals surface area (Å²) in [5.41, 5.74) is 1.90. The number of nitrogens with zero attached hydrogens (tertiary/aromatic N) is 1. The summed E-state index contributed by atoms with van der Waals surface area (Å²) >= 11 is 5.71. The van der Waals surface area contributed by atoms with Gasteiger partial charge in [-0.25, -0.2) is 4.39 Å². The summed E-state index contributed by atoms with van der Waals surface area (Å²) < 4.78 is 18.2. The van der Waals surface area contributed by atoms with E-state index in [9.17, 15) is 9.50 Å². The van der Waals surface area contributed by atoms with Crippen LogP contribution in [0, 0.1) is 5.82 Å². The third kappa shape index (κ3) is 4.61. The summed E-state index contributed by atoms with van der Waals surface area (Å²) in [6.07, 6.45) is -0.635. The second kappa shape index (κ2) is 8.01. The lowest BCUT2D eigenvalue weighted by Gasteiger charge is -2.27. The highest BCUT2D eigenvalue weighted by Gasteiger charge is 2.13. The van der Waals surface area contributed by atoms with Crippen molar-refractivity contribution in [3.63, 3.8) is 0 Å². The van der Waals surface area contributed by atoms with Crippen molar-refractivity contribution in [3.05, 3.63) is 59.9 Å². The maximum Gasteiger partial charge on any atom is 0.123 e. The second-order valence-electron chi connectivity index (χ2n) is 5.01. The molecule has 0 aliphatic carbocycles. The van der Waals surface area contributed by atoms with Crippen molar-refractivity contribution in [1.82, 2.24) is 0 Å². The second-order valence-corrected chi connectivity index (χ2v) is 5.32. The van der Waals surface area contributed by atoms with Crippen LogP contribution in [0.25, 0.3) is 0 Å². The summed E-state index contributed by atoms with van der Waals surface area (Å²) in [6.45, 7) is 0.952. The zero-order chi connectivity index (χ0) is 15.9. The van der Waals surface area contributed by atoms with Gasteiger partial charge in [-0.2, -0.15) is 0 Å². The van der Waals surface area contributed by atoms with Crippen LogP contribution in [0.3, 0.4) is 0 Å². The number of benzene rings is 2. The Morgan fingerprint density at radius 1 is 1.14 bits per heavy atom. The van der Waals surface area contributed by atoms with Crippen LogP contribution in [0.1, 0.15) is 5.56 Å². The minimum atomic E-state index is -0.635. The molecule has 0 saturated carbocycles. The Bertz CT molecular complexity index is 574. The molecule has 3 nitrogen and oxygen atoms in total. The first-order valence-corrected chi connectivity index (χ1v) is 7.53. The van der Waals surface area contributed by atoms with E-state index in [1.807, 2.05) is 29.2 Å². The fourth-order valence-electron chi connectivity index (χ4n) is 2.17. The molecule has 2 rings (SSSR count). The summed E-state index contributed by atoms with van der Waals surface area (Å²) in [7, 11) is 1.61. The molecule has 22 heavy (non-hydrogen) atoms. The Morgan fingerprint density at radius 2 is 1.77 bits per heavy atom. The van der Waals surface area contributed by atoms with Gasteiger partial charge in [0, 0.05) is 18.8 Å². The highest BCUT2D eigenvalue weighted by Crippen LogP contribution is 2.21. The molecular weight excluding hydrogens is 305 g/mol. The molecule has 0 saturated heterocycles. The lowest BCUT2D eigenvalue weighted by atomic mass is 10.1. The number of aliphatic hydroxyl groups excluding tert-OH is 1. The highest BCUT2D eigenvalue weighted by atomic mass is 35.5. The molecule has 2 aromatic carbocycles. The topological polar surface area (TPSA) is 32.7 Å². The number of anilines is 1. The minimum absolute atomic E-state index is 0.163. The fraction of sp³-hybridized carbons (Fsp3) is 0.294. The van der Waals surface area contributed by atoms with Gasteiger partial charge in [0.25, 0.3) is 0 Å². The Kier molecular flexibility index (Phi) is 6.04. The number of hydrogen-bond acceptors (Lipinski definition) is 3. The molecule has 0 heterocycles. The van der Waals surface area contributed by atoms with Gasteiger partial charge in [-0.1, -0.05) is 12.1 Å². The number of hydrogen-bond donors (Lipinski definition) is 1. The standard InChI is InChI=1S/C17H19ClFNO2/c1-22-17-8-6-15(7-9-17)20(12-16(21)10-18)11-13-2-4-14(19)5-3-13/h2-9,16,21H,10-12H2,1H3. The van der Waals surface area contributed by atoms with E-state index in [4.69, 9.17) is 16.3 Å². The molecule has 118 valence electrons. The molecule has 1 atom stereocenters. The molecule has 0 aliphatic rings. The van der Waals surface area contributed by atoms with Gasteiger partial charge in [-0.05, 0) is 42.0 Å². The van der Waals surface area contributed by atoms with Crippen LogP contribution in [-0.2, 0) is 6.54 Å². The summed E-state index contributed by atoms with van der Waals surface area (Å²) in [5.74, 6) is 0.666. The largest absolute Gasteiger partial charge is 0.497 e. The molecule has 5 heteroatoms. The number of halogens is 2. The lowest BCUT2D eigenvalue weighted by molar-refractivity contribution is 0.203. The van der Waals surface area contributed by atoms with Crippen molar-refractivity contribution in [2.45, 2.75) is 12.6 Å². The quantitative estimate of drug-likeness (QED) is 0.792. The third-order valence-corrected chi connectivity index (χ3v) is 3.69. The molecule has 1 N–H and O–H groups in total. The average Bonchev–Trinajstić information content (AvgIpc) is 2.56. The number of rotatable bonds is 7. The third-order valence-electron chi connectivity index (χ3n) is 3.33. The Morgan fingerprint density at radius 3 is 2.32 bits per heavy atom. The summed E-state index contributed by atoms with van der Waals surface area (Å²) in [6, 6.07) is 13.9. The van der Waals surface area contributed by atoms with E-state index in [2.05, 4.69) is 0 Å². The number of methoxy groups -OCH3 is 1. The predicted octanol–water partition coefficient (Wildman–Crippen LogP) is 3.44. The zero-order valence-corrected chi connectivity index (χ0v) is 13.1. The van der Waals surface area contributed by atoms with Crippen LogP contribution in [0.5, 0.6) is 5.75 Å². The fourth-order valence-corrected chi connectivity index (χ4v) is 2.27. The van der Waals surface area contributed by atoms with Crippen LogP contribution in [0.4, 0.5) is 10.1 Å². The first-order valence-electron chi connectivity index (χ1n) is 7.00. The van der Waals surface area contributed by atoms with Crippen molar-refractivity contribution >= 4 is 17.3 Å². The molecule has 0 bridgehead atoms. The van der Waals surface area contributed by atoms with Crippen molar-refractivity contribution in [3.8, 4) is 5.75 Å². The van der Waals surface area contributed by atoms with E-state index in [0.717, 1.165) is 17.0 Å². The molecular formula is C17H19ClFNO2. The molecule has 0 aliphatic heterocycles. The van der Waals surface area contributed by atoms with Gasteiger partial charge in [-0.3, -0.25) is 0 Å². The predicted molar refractivity (Wildman–Crippen MR) is 87.2 cm³/mol. The first-order chi connectivity index (χ1) is 10.6. The van der Waals surface area contributed by atoms with Crippen molar-refractivity contribution in [2.24, 2.45) is 0 Å². The summed E-state index contributed by atoms with van der Waals surface area (Å²) in [5, 5.41) is 9.85. The van der Waals surface area contributed by atoms with Crippen molar-refractivity contribution in [2.75, 3.05) is 24.4 Å². The Labute approximate surface area is 134 Å². The van der Waals surface area contributed by atoms with E-state index >= 15 is 0 Å². The maximum absolute atomic E-state index is 13.0. The lowest BCUT2D eigenvalue weighted by Crippen LogP contribution is -2.33. The Hall–Kier alpha value is -1.78. The normalized spacial score (nSPS) is 12.0. The monoisotopic (exact) mass is 323 g/mol. The number of aliphatic hydroxyl groups is 1. The zero-order valence-electron chi connectivity index (χ0n) is 12.4. The highest BCUT2D eigenvalue weighted by molar-refractivity contribution is 6.18. The number of ether oxygens (including phenoxy) is 1. The smallest absolute Gasteiger partial charge is 0.123 e. The van der Waals surface area contributed by atoms with E-state index in [1.54, 1.807) is 19.2 Å². The maximum atomic E-state index is 13.0. The molecule has 0 spiro atoms. The van der Waals surface area contributed by atoms with Crippen LogP contribution in [-0.4, -0.2) is 30.7 Å². The van der Waals surface area contributed by atoms with Gasteiger partial charge in [0.2, 0.25) is 0 Å². The molecule has 1 unspecified atom stereocenters. The molecule has 0 radical (unpaired) electrons. The molecule has 0 amide bonds. The molecule has 0 fully saturated rings. The van der Waals surface area contributed by atoms with Gasteiger partial charge in [-0.15, -0.1) is 11.6 Å². The van der Waals surface area contributed by atoms with Crippen LogP contribution in [0.2, 0.25) is 0 Å². The van der Waals surface area contributed by atoms with E-state index in [-0.39, 0.29) is 11.7 Å². The van der Waals surface area contributed by atoms with Crippen LogP contribution in [0.15, 0.2) is 48.5 Å². The van der Waals surface area contributed by atoms with Crippen molar-refractivity contribution in [1.29, 1.82) is 0 Å². The van der Waals surface area contributed by atoms with Gasteiger partial charge in [0.1, 0.15) is 11.6 Å². The van der Waals surface area contributed by atoms with Crippen LogP contribution >= 0.6 is 11.6 Å². The van der Waals surface area contributed by atoms with Crippen LogP contribution < -0.4 is 9.64 Å². The average molecular weight is 324 g/mol. The molecule has 2 aromatic rings. The van der Waals surface area contributed by atoms with Crippen molar-refractivity contribution < 1.29 is 14.2 Å². The van der Waals surface area contributed by atoms with E-state index in [1.165, 1.54) is 12.1 Å². The first kappa shape index (κ1) is 16.6.